The van der Waals surface area contributed by atoms with E-state index in [-0.39, 0.29) is 11.3 Å². The van der Waals surface area contributed by atoms with Crippen molar-refractivity contribution >= 4 is 34.3 Å². The summed E-state index contributed by atoms with van der Waals surface area (Å²) >= 11 is 6.04. The maximum Gasteiger partial charge on any atom is 0.226 e. The van der Waals surface area contributed by atoms with Gasteiger partial charge >= 0.3 is 0 Å². The van der Waals surface area contributed by atoms with E-state index in [0.717, 1.165) is 16.9 Å². The van der Waals surface area contributed by atoms with Crippen LogP contribution in [0.1, 0.15) is 25.5 Å². The van der Waals surface area contributed by atoms with Gasteiger partial charge in [0.2, 0.25) is 5.28 Å². The lowest BCUT2D eigenvalue weighted by Gasteiger charge is -2.10. The van der Waals surface area contributed by atoms with Gasteiger partial charge in [0.05, 0.1) is 6.33 Å². The Bertz CT molecular complexity index is 811. The summed E-state index contributed by atoms with van der Waals surface area (Å²) < 4.78 is 1.96. The number of nitrogens with zero attached hydrogens (tertiary/aromatic N) is 4. The molecule has 2 heterocycles. The van der Waals surface area contributed by atoms with E-state index in [1.165, 1.54) is 0 Å². The Kier molecular flexibility index (Phi) is 3.85. The van der Waals surface area contributed by atoms with Crippen molar-refractivity contribution in [3.8, 4) is 0 Å². The van der Waals surface area contributed by atoms with E-state index in [2.05, 4.69) is 34.1 Å². The van der Waals surface area contributed by atoms with E-state index in [1.54, 1.807) is 6.33 Å². The number of benzene rings is 1. The zero-order valence-electron chi connectivity index (χ0n) is 12.4. The Morgan fingerprint density at radius 3 is 2.77 bits per heavy atom. The molecule has 0 aliphatic carbocycles. The number of imidazole rings is 1. The van der Waals surface area contributed by atoms with Crippen LogP contribution in [-0.4, -0.2) is 19.5 Å². The van der Waals surface area contributed by atoms with E-state index >= 15 is 0 Å². The molecular weight excluding hydrogens is 300 g/mol. The monoisotopic (exact) mass is 316 g/mol. The maximum atomic E-state index is 6.04. The van der Waals surface area contributed by atoms with Crippen molar-refractivity contribution < 1.29 is 0 Å². The summed E-state index contributed by atoms with van der Waals surface area (Å²) in [6.45, 7) is 4.67. The van der Waals surface area contributed by atoms with Crippen LogP contribution in [0, 0.1) is 0 Å². The normalized spacial score (nSPS) is 11.3. The third-order valence-corrected chi connectivity index (χ3v) is 3.62. The first-order chi connectivity index (χ1) is 10.6. The molecular formula is C15H17ClN6. The number of anilines is 2. The van der Waals surface area contributed by atoms with Crippen molar-refractivity contribution in [2.45, 2.75) is 26.4 Å². The number of hydrogen-bond donors (Lipinski definition) is 2. The van der Waals surface area contributed by atoms with Crippen LogP contribution in [0.4, 0.5) is 11.5 Å². The van der Waals surface area contributed by atoms with Gasteiger partial charge in [0.1, 0.15) is 0 Å². The zero-order valence-corrected chi connectivity index (χ0v) is 13.2. The van der Waals surface area contributed by atoms with Crippen LogP contribution < -0.4 is 11.1 Å². The molecule has 0 saturated heterocycles. The lowest BCUT2D eigenvalue weighted by Crippen LogP contribution is -2.06. The molecule has 7 heteroatoms. The van der Waals surface area contributed by atoms with Gasteiger partial charge in [-0.25, -0.2) is 4.98 Å². The molecule has 22 heavy (non-hydrogen) atoms. The molecule has 3 N–H and O–H groups in total. The van der Waals surface area contributed by atoms with Crippen LogP contribution in [0.5, 0.6) is 0 Å². The Hall–Kier alpha value is -2.34. The molecule has 0 unspecified atom stereocenters. The molecule has 3 aromatic rings. The molecule has 0 amide bonds. The second-order valence-corrected chi connectivity index (χ2v) is 5.65. The van der Waals surface area contributed by atoms with E-state index < -0.39 is 0 Å². The highest BCUT2D eigenvalue weighted by Gasteiger charge is 2.14. The quantitative estimate of drug-likeness (QED) is 0.570. The minimum atomic E-state index is 0.193. The lowest BCUT2D eigenvalue weighted by atomic mass is 10.2. The topological polar surface area (TPSA) is 81.7 Å². The fourth-order valence-electron chi connectivity index (χ4n) is 2.27. The number of nitrogens with two attached hydrogens (primary N) is 1. The Balaban J connectivity index is 1.95. The molecule has 2 aromatic heterocycles. The SMILES string of the molecule is CC(C)n1cnc2c(NCc3ccccc3N)nc(Cl)nc21. The summed E-state index contributed by atoms with van der Waals surface area (Å²) in [7, 11) is 0. The highest BCUT2D eigenvalue weighted by Crippen LogP contribution is 2.24. The molecule has 6 nitrogen and oxygen atoms in total. The van der Waals surface area contributed by atoms with Crippen LogP contribution in [-0.2, 0) is 6.54 Å². The summed E-state index contributed by atoms with van der Waals surface area (Å²) in [6.07, 6.45) is 1.75. The second kappa shape index (κ2) is 5.81. The molecule has 0 aliphatic rings. The van der Waals surface area contributed by atoms with Crippen LogP contribution in [0.2, 0.25) is 5.28 Å². The predicted octanol–water partition coefficient (Wildman–Crippen LogP) is 3.25. The van der Waals surface area contributed by atoms with Gasteiger partial charge in [-0.3, -0.25) is 0 Å². The fraction of sp³-hybridized carbons (Fsp3) is 0.267. The predicted molar refractivity (Wildman–Crippen MR) is 88.9 cm³/mol. The Morgan fingerprint density at radius 2 is 2.05 bits per heavy atom. The zero-order chi connectivity index (χ0) is 15.7. The fourth-order valence-corrected chi connectivity index (χ4v) is 2.43. The van der Waals surface area contributed by atoms with E-state index in [9.17, 15) is 0 Å². The molecule has 114 valence electrons. The number of nitrogen functional groups attached to an aromatic ring is 1. The maximum absolute atomic E-state index is 6.04. The van der Waals surface area contributed by atoms with Crippen molar-refractivity contribution in [2.75, 3.05) is 11.1 Å². The molecule has 0 atom stereocenters. The van der Waals surface area contributed by atoms with Gasteiger partial charge < -0.3 is 15.6 Å². The number of para-hydroxylation sites is 1. The lowest BCUT2D eigenvalue weighted by molar-refractivity contribution is 0.612. The van der Waals surface area contributed by atoms with Crippen LogP contribution in [0.25, 0.3) is 11.2 Å². The van der Waals surface area contributed by atoms with Gasteiger partial charge in [-0.2, -0.15) is 9.97 Å². The standard InChI is InChI=1S/C15H17ClN6/c1-9(2)22-8-19-12-13(20-15(16)21-14(12)22)18-7-10-5-3-4-6-11(10)17/h3-6,8-9H,7,17H2,1-2H3,(H,18,20,21). The summed E-state index contributed by atoms with van der Waals surface area (Å²) in [6, 6.07) is 7.93. The summed E-state index contributed by atoms with van der Waals surface area (Å²) in [5.41, 5.74) is 9.10. The number of aromatic nitrogens is 4. The first kappa shape index (κ1) is 14.6. The largest absolute Gasteiger partial charge is 0.398 e. The van der Waals surface area contributed by atoms with Crippen LogP contribution >= 0.6 is 11.6 Å². The van der Waals surface area contributed by atoms with Gasteiger partial charge in [0, 0.05) is 18.3 Å². The van der Waals surface area contributed by atoms with E-state index in [1.807, 2.05) is 28.8 Å². The van der Waals surface area contributed by atoms with E-state index in [4.69, 9.17) is 17.3 Å². The minimum absolute atomic E-state index is 0.193. The van der Waals surface area contributed by atoms with Crippen molar-refractivity contribution in [2.24, 2.45) is 0 Å². The number of nitrogens with one attached hydrogen (secondary N) is 1. The van der Waals surface area contributed by atoms with Gasteiger partial charge in [0.15, 0.2) is 17.0 Å². The van der Waals surface area contributed by atoms with Crippen LogP contribution in [0.15, 0.2) is 30.6 Å². The molecule has 0 saturated carbocycles. The smallest absolute Gasteiger partial charge is 0.226 e. The summed E-state index contributed by atoms with van der Waals surface area (Å²) in [5, 5.41) is 3.44. The third kappa shape index (κ3) is 2.69. The van der Waals surface area contributed by atoms with Crippen molar-refractivity contribution in [1.29, 1.82) is 0 Å². The van der Waals surface area contributed by atoms with Crippen molar-refractivity contribution in [1.82, 2.24) is 19.5 Å². The van der Waals surface area contributed by atoms with Gasteiger partial charge in [-0.1, -0.05) is 18.2 Å². The number of halogens is 1. The average Bonchev–Trinajstić information content (AvgIpc) is 2.90. The molecule has 0 radical (unpaired) electrons. The van der Waals surface area contributed by atoms with Crippen molar-refractivity contribution in [3.63, 3.8) is 0 Å². The second-order valence-electron chi connectivity index (χ2n) is 5.31. The molecule has 0 spiro atoms. The molecule has 0 fully saturated rings. The third-order valence-electron chi connectivity index (χ3n) is 3.45. The first-order valence-corrected chi connectivity index (χ1v) is 7.41. The highest BCUT2D eigenvalue weighted by atomic mass is 35.5. The van der Waals surface area contributed by atoms with Gasteiger partial charge in [0.25, 0.3) is 0 Å². The Morgan fingerprint density at radius 1 is 1.27 bits per heavy atom. The van der Waals surface area contributed by atoms with Gasteiger partial charge in [-0.05, 0) is 37.1 Å². The van der Waals surface area contributed by atoms with Crippen LogP contribution in [0.3, 0.4) is 0 Å². The first-order valence-electron chi connectivity index (χ1n) is 7.03. The number of fused-ring (bicyclic) bond motifs is 1. The highest BCUT2D eigenvalue weighted by molar-refractivity contribution is 6.28. The van der Waals surface area contributed by atoms with Crippen molar-refractivity contribution in [3.05, 3.63) is 41.4 Å². The van der Waals surface area contributed by atoms with E-state index in [0.29, 0.717) is 17.9 Å². The molecule has 0 aliphatic heterocycles. The Labute approximate surface area is 133 Å². The number of hydrogen-bond acceptors (Lipinski definition) is 5. The van der Waals surface area contributed by atoms with Gasteiger partial charge in [-0.15, -0.1) is 0 Å². The minimum Gasteiger partial charge on any atom is -0.398 e. The molecule has 1 aromatic carbocycles. The summed E-state index contributed by atoms with van der Waals surface area (Å²) in [5.74, 6) is 0.609. The number of rotatable bonds is 4. The molecule has 0 bridgehead atoms. The average molecular weight is 317 g/mol. The summed E-state index contributed by atoms with van der Waals surface area (Å²) in [4.78, 5) is 12.9. The molecule has 3 rings (SSSR count).